The largest absolute Gasteiger partial charge is 0.394 e. The van der Waals surface area contributed by atoms with Crippen LogP contribution in [-0.2, 0) is 52.7 Å². The molecule has 0 aromatic carbocycles. The number of nitrogens with one attached hydrogen (secondary N) is 11. The van der Waals surface area contributed by atoms with Gasteiger partial charge in [-0.1, -0.05) is 0 Å². The summed E-state index contributed by atoms with van der Waals surface area (Å²) in [6, 6.07) is -11.9. The Kier molecular flexibility index (Phi) is 32.0. The van der Waals surface area contributed by atoms with Gasteiger partial charge in [0, 0.05) is 0 Å². The van der Waals surface area contributed by atoms with Crippen molar-refractivity contribution in [2.24, 2.45) is 0 Å². The van der Waals surface area contributed by atoms with E-state index in [0.29, 0.717) is 6.29 Å². The van der Waals surface area contributed by atoms with E-state index in [2.05, 4.69) is 58.5 Å². The first-order valence-corrected chi connectivity index (χ1v) is 21.7. The second-order valence-electron chi connectivity index (χ2n) is 15.7. The summed E-state index contributed by atoms with van der Waals surface area (Å²) >= 11 is 0. The summed E-state index contributed by atoms with van der Waals surface area (Å²) in [6.07, 6.45) is -0.883. The van der Waals surface area contributed by atoms with Gasteiger partial charge in [-0.25, -0.2) is 0 Å². The summed E-state index contributed by atoms with van der Waals surface area (Å²) in [5, 5.41) is 67.9. The molecule has 0 aliphatic heterocycles. The third-order valence-electron chi connectivity index (χ3n) is 10.6. The molecule has 0 spiro atoms. The minimum Gasteiger partial charge on any atom is -0.394 e. The van der Waals surface area contributed by atoms with Crippen LogP contribution in [0.15, 0.2) is 0 Å². The van der Waals surface area contributed by atoms with Gasteiger partial charge in [0.15, 0.2) is 52.0 Å². The number of rotatable bonds is 43. The van der Waals surface area contributed by atoms with Crippen LogP contribution in [0.25, 0.3) is 0 Å². The zero-order chi connectivity index (χ0) is 51.4. The second kappa shape index (κ2) is 34.1. The Balaban J connectivity index is 5.87. The van der Waals surface area contributed by atoms with Crippen molar-refractivity contribution < 1.29 is 73.2 Å². The number of aliphatic hydroxyl groups excluding tert-OH is 4. The monoisotopic (exact) mass is 960 g/mol. The molecule has 0 rings (SSSR count). The predicted molar refractivity (Wildman–Crippen MR) is 241 cm³/mol. The average molecular weight is 960 g/mol. The van der Waals surface area contributed by atoms with Crippen LogP contribution in [0.2, 0.25) is 0 Å². The molecule has 26 heteroatoms. The van der Waals surface area contributed by atoms with Crippen molar-refractivity contribution in [1.82, 2.24) is 58.5 Å². The molecule has 0 fully saturated rings. The highest BCUT2D eigenvalue weighted by atomic mass is 16.3. The van der Waals surface area contributed by atoms with Crippen LogP contribution in [0.1, 0.15) is 34.6 Å². The van der Waals surface area contributed by atoms with Gasteiger partial charge in [-0.05, 0) is 55.8 Å². The van der Waals surface area contributed by atoms with Crippen molar-refractivity contribution in [3.05, 3.63) is 0 Å². The van der Waals surface area contributed by atoms with Crippen molar-refractivity contribution in [2.75, 3.05) is 93.4 Å². The molecule has 0 bridgehead atoms. The van der Waals surface area contributed by atoms with E-state index < -0.39 is 159 Å². The van der Waals surface area contributed by atoms with E-state index in [0.717, 1.165) is 6.92 Å². The number of carbonyl (C=O) groups excluding carboxylic acids is 11. The van der Waals surface area contributed by atoms with Crippen molar-refractivity contribution in [3.63, 3.8) is 0 Å². The molecule has 67 heavy (non-hydrogen) atoms. The Morgan fingerprint density at radius 1 is 0.433 bits per heavy atom. The Morgan fingerprint density at radius 2 is 0.761 bits per heavy atom. The molecule has 11 atom stereocenters. The van der Waals surface area contributed by atoms with Crippen LogP contribution in [0.5, 0.6) is 0 Å². The van der Waals surface area contributed by atoms with E-state index in [1.165, 1.54) is 35.0 Å². The molecule has 0 aliphatic carbocycles. The van der Waals surface area contributed by atoms with Crippen LogP contribution in [0.4, 0.5) is 0 Å². The summed E-state index contributed by atoms with van der Waals surface area (Å²) < 4.78 is 0. The summed E-state index contributed by atoms with van der Waals surface area (Å²) in [6.45, 7) is 1.21. The van der Waals surface area contributed by atoms with Gasteiger partial charge in [0.1, 0.15) is 30.3 Å². The average Bonchev–Trinajstić information content (AvgIpc) is 3.31. The van der Waals surface area contributed by atoms with E-state index in [4.69, 9.17) is 0 Å². The molecule has 0 aliphatic rings. The predicted octanol–water partition coefficient (Wildman–Crippen LogP) is -9.67. The standard InChI is InChI=1S/C41H73N11O15/c1-21(16-53)45-9-26(59)10-46-22(2)31(60)11-47-23(3)32(61)12-48-24(4)33(62)13-49-36(38(65)28(18-55)42-6)34(63)14-50-37(39(66)29(19-56)43-7)35(64)15-51-41(40(67)30(20-57)44-8)52-27(17-54)25(5)58/h16,21-24,27-30,36-37,41-52,54-57H,9-15,17-20H2,1-8H3/t21-,22?,23?,24?,27-,28-,29-,30-,36?,37?,41?/m0/s1. The van der Waals surface area contributed by atoms with Gasteiger partial charge in [0.2, 0.25) is 0 Å². The number of aldehydes is 1. The van der Waals surface area contributed by atoms with Gasteiger partial charge in [0.25, 0.3) is 0 Å². The van der Waals surface area contributed by atoms with Crippen molar-refractivity contribution in [1.29, 1.82) is 0 Å². The first-order valence-electron chi connectivity index (χ1n) is 21.7. The van der Waals surface area contributed by atoms with Crippen LogP contribution in [0.3, 0.4) is 0 Å². The van der Waals surface area contributed by atoms with Gasteiger partial charge >= 0.3 is 0 Å². The van der Waals surface area contributed by atoms with Crippen LogP contribution >= 0.6 is 0 Å². The van der Waals surface area contributed by atoms with Crippen LogP contribution in [-0.4, -0.2) is 245 Å². The Morgan fingerprint density at radius 3 is 1.12 bits per heavy atom. The fourth-order valence-electron chi connectivity index (χ4n) is 5.83. The second-order valence-corrected chi connectivity index (χ2v) is 15.7. The number of likely N-dealkylation sites (N-methyl/N-ethyl adjacent to an activating group) is 3. The highest BCUT2D eigenvalue weighted by Gasteiger charge is 2.37. The van der Waals surface area contributed by atoms with E-state index in [-0.39, 0.29) is 37.7 Å². The zero-order valence-electron chi connectivity index (χ0n) is 39.5. The molecular weight excluding hydrogens is 887 g/mol. The van der Waals surface area contributed by atoms with Crippen molar-refractivity contribution in [3.8, 4) is 0 Å². The first kappa shape index (κ1) is 62.8. The SMILES string of the molecule is CN[C@@H](CO)C(=O)C(NCC(=O)C(NCC(=O)C(NCC(=O)C(C)NCC(=O)C(C)NCC(=O)C(C)NCC(=O)CN[C@@H](C)C=O)C(=O)[C@H](CO)NC)C(=O)[C@H](CO)NC)N[C@@H](CO)C(C)=O. The fourth-order valence-corrected chi connectivity index (χ4v) is 5.83. The van der Waals surface area contributed by atoms with Crippen LogP contribution in [0, 0.1) is 0 Å². The summed E-state index contributed by atoms with van der Waals surface area (Å²) in [5.41, 5.74) is 0. The van der Waals surface area contributed by atoms with Gasteiger partial charge in [-0.15, -0.1) is 0 Å². The molecule has 0 heterocycles. The molecule has 0 saturated carbocycles. The maximum atomic E-state index is 13.7. The lowest BCUT2D eigenvalue weighted by Gasteiger charge is -2.27. The minimum atomic E-state index is -1.87. The normalized spacial score (nSPS) is 16.5. The smallest absolute Gasteiger partial charge is 0.183 e. The molecule has 0 saturated heterocycles. The molecule has 6 unspecified atom stereocenters. The van der Waals surface area contributed by atoms with E-state index in [9.17, 15) is 73.2 Å². The molecule has 0 aromatic heterocycles. The highest BCUT2D eigenvalue weighted by molar-refractivity contribution is 6.12. The third kappa shape index (κ3) is 22.6. The summed E-state index contributed by atoms with van der Waals surface area (Å²) in [5.74, 6) is -6.81. The zero-order valence-corrected chi connectivity index (χ0v) is 39.5. The van der Waals surface area contributed by atoms with Crippen molar-refractivity contribution >= 4 is 64.1 Å². The molecule has 26 nitrogen and oxygen atoms in total. The summed E-state index contributed by atoms with van der Waals surface area (Å²) in [4.78, 5) is 141. The summed E-state index contributed by atoms with van der Waals surface area (Å²) in [7, 11) is 4.01. The maximum Gasteiger partial charge on any atom is 0.183 e. The number of Topliss-reactive ketones (excluding diaryl/α,β-unsaturated/α-hetero) is 10. The Bertz CT molecular complexity index is 1660. The van der Waals surface area contributed by atoms with Gasteiger partial charge in [-0.2, -0.15) is 0 Å². The number of ketones is 10. The maximum absolute atomic E-state index is 13.7. The Hall–Kier alpha value is -4.23. The highest BCUT2D eigenvalue weighted by Crippen LogP contribution is 2.02. The third-order valence-corrected chi connectivity index (χ3v) is 10.6. The quantitative estimate of drug-likeness (QED) is 0.0153. The number of hydrogen-bond acceptors (Lipinski definition) is 26. The van der Waals surface area contributed by atoms with E-state index >= 15 is 0 Å². The van der Waals surface area contributed by atoms with Gasteiger partial charge < -0.3 is 62.4 Å². The first-order chi connectivity index (χ1) is 31.6. The fraction of sp³-hybridized carbons (Fsp3) is 0.732. The molecule has 382 valence electrons. The molecular formula is C41H73N11O15. The topological polar surface area (TPSA) is 401 Å². The molecule has 0 radical (unpaired) electrons. The minimum absolute atomic E-state index is 0.0643. The van der Waals surface area contributed by atoms with E-state index in [1.54, 1.807) is 13.8 Å². The molecule has 15 N–H and O–H groups in total. The van der Waals surface area contributed by atoms with Crippen molar-refractivity contribution in [2.45, 2.75) is 101 Å². The molecule has 0 amide bonds. The lowest BCUT2D eigenvalue weighted by atomic mass is 9.98. The van der Waals surface area contributed by atoms with Gasteiger partial charge in [-0.3, -0.25) is 69.2 Å². The number of aliphatic hydroxyl groups is 4. The van der Waals surface area contributed by atoms with Crippen LogP contribution < -0.4 is 58.5 Å². The number of hydrogen-bond donors (Lipinski definition) is 15. The molecule has 0 aromatic rings. The van der Waals surface area contributed by atoms with Gasteiger partial charge in [0.05, 0.1) is 121 Å². The Labute approximate surface area is 389 Å². The number of carbonyl (C=O) groups is 11. The lowest BCUT2D eigenvalue weighted by Crippen LogP contribution is -2.62. The lowest BCUT2D eigenvalue weighted by molar-refractivity contribution is -0.132. The van der Waals surface area contributed by atoms with E-state index in [1.807, 2.05) is 0 Å².